The van der Waals surface area contributed by atoms with Crippen molar-refractivity contribution in [1.29, 1.82) is 0 Å². The van der Waals surface area contributed by atoms with Crippen molar-refractivity contribution in [3.63, 3.8) is 0 Å². The summed E-state index contributed by atoms with van der Waals surface area (Å²) in [7, 11) is 0. The number of nitrogens with two attached hydrogens (primary N) is 1. The molecule has 0 unspecified atom stereocenters. The maximum atomic E-state index is 9.92. The first-order valence-electron chi connectivity index (χ1n) is 4.54. The zero-order valence-corrected chi connectivity index (χ0v) is 8.83. The Morgan fingerprint density at radius 3 is 1.92 bits per heavy atom. The predicted molar refractivity (Wildman–Crippen MR) is 52.6 cm³/mol. The summed E-state index contributed by atoms with van der Waals surface area (Å²) in [5.74, 6) is 5.28. The van der Waals surface area contributed by atoms with E-state index in [1.54, 1.807) is 0 Å². The Morgan fingerprint density at radius 1 is 1.23 bits per heavy atom. The fourth-order valence-corrected chi connectivity index (χ4v) is 2.12. The highest BCUT2D eigenvalue weighted by atomic mass is 16.5. The van der Waals surface area contributed by atoms with Crippen LogP contribution in [-0.2, 0) is 0 Å². The standard InChI is InChI=1S/C9H19N3O/c1-8(2)5-7(11-10)6-9(3,4)12(8)13/h13H,5-6,10H2,1-4H3. The van der Waals surface area contributed by atoms with E-state index in [9.17, 15) is 5.21 Å². The van der Waals surface area contributed by atoms with Crippen molar-refractivity contribution in [3.8, 4) is 0 Å². The minimum Gasteiger partial charge on any atom is -0.323 e. The fraction of sp³-hybridized carbons (Fsp3) is 0.889. The first-order valence-corrected chi connectivity index (χ1v) is 4.54. The lowest BCUT2D eigenvalue weighted by Crippen LogP contribution is -2.59. The highest BCUT2D eigenvalue weighted by Crippen LogP contribution is 2.34. The van der Waals surface area contributed by atoms with E-state index in [2.05, 4.69) is 5.10 Å². The molecule has 1 aliphatic heterocycles. The summed E-state index contributed by atoms with van der Waals surface area (Å²) in [4.78, 5) is 0. The van der Waals surface area contributed by atoms with Gasteiger partial charge in [0.25, 0.3) is 0 Å². The van der Waals surface area contributed by atoms with E-state index in [1.807, 2.05) is 27.7 Å². The van der Waals surface area contributed by atoms with Crippen molar-refractivity contribution < 1.29 is 5.21 Å². The van der Waals surface area contributed by atoms with Crippen LogP contribution in [0.15, 0.2) is 5.10 Å². The summed E-state index contributed by atoms with van der Waals surface area (Å²) in [6.45, 7) is 7.94. The van der Waals surface area contributed by atoms with Crippen LogP contribution in [0, 0.1) is 0 Å². The molecular weight excluding hydrogens is 166 g/mol. The van der Waals surface area contributed by atoms with Crippen molar-refractivity contribution in [3.05, 3.63) is 0 Å². The molecule has 1 saturated heterocycles. The van der Waals surface area contributed by atoms with Crippen LogP contribution in [0.5, 0.6) is 0 Å². The maximum Gasteiger partial charge on any atom is 0.0463 e. The molecule has 0 aliphatic carbocycles. The molecule has 0 aromatic carbocycles. The summed E-state index contributed by atoms with van der Waals surface area (Å²) >= 11 is 0. The average Bonchev–Trinajstić information content (AvgIpc) is 1.99. The molecular formula is C9H19N3O. The van der Waals surface area contributed by atoms with E-state index >= 15 is 0 Å². The Balaban J connectivity index is 2.95. The quantitative estimate of drug-likeness (QED) is 0.442. The van der Waals surface area contributed by atoms with Gasteiger partial charge in [-0.2, -0.15) is 10.2 Å². The molecule has 0 spiro atoms. The second-order valence-corrected chi connectivity index (χ2v) is 4.99. The largest absolute Gasteiger partial charge is 0.323 e. The van der Waals surface area contributed by atoms with Crippen molar-refractivity contribution in [2.24, 2.45) is 10.9 Å². The Hall–Kier alpha value is -0.610. The van der Waals surface area contributed by atoms with E-state index in [0.717, 1.165) is 18.6 Å². The number of piperidine rings is 1. The number of nitrogens with zero attached hydrogens (tertiary/aromatic N) is 2. The minimum atomic E-state index is -0.278. The molecule has 0 bridgehead atoms. The molecule has 1 rings (SSSR count). The van der Waals surface area contributed by atoms with Gasteiger partial charge in [-0.3, -0.25) is 0 Å². The van der Waals surface area contributed by atoms with Crippen LogP contribution in [0.2, 0.25) is 0 Å². The van der Waals surface area contributed by atoms with E-state index in [4.69, 9.17) is 5.84 Å². The van der Waals surface area contributed by atoms with Crippen LogP contribution >= 0.6 is 0 Å². The Labute approximate surface area is 79.4 Å². The van der Waals surface area contributed by atoms with Gasteiger partial charge in [0.05, 0.1) is 0 Å². The minimum absolute atomic E-state index is 0.278. The van der Waals surface area contributed by atoms with Gasteiger partial charge in [0.1, 0.15) is 0 Å². The predicted octanol–water partition coefficient (Wildman–Crippen LogP) is 1.34. The topological polar surface area (TPSA) is 61.8 Å². The Kier molecular flexibility index (Phi) is 2.38. The molecule has 0 aromatic rings. The molecule has 0 atom stereocenters. The first-order chi connectivity index (χ1) is 5.79. The maximum absolute atomic E-state index is 9.92. The van der Waals surface area contributed by atoms with Crippen LogP contribution in [-0.4, -0.2) is 27.1 Å². The summed E-state index contributed by atoms with van der Waals surface area (Å²) in [5.41, 5.74) is 0.417. The monoisotopic (exact) mass is 185 g/mol. The zero-order chi connectivity index (χ0) is 10.3. The fourth-order valence-electron chi connectivity index (χ4n) is 2.12. The van der Waals surface area contributed by atoms with Crippen LogP contribution < -0.4 is 5.84 Å². The number of hydrogen-bond acceptors (Lipinski definition) is 4. The van der Waals surface area contributed by atoms with Crippen LogP contribution in [0.1, 0.15) is 40.5 Å². The van der Waals surface area contributed by atoms with Gasteiger partial charge in [0.15, 0.2) is 0 Å². The number of rotatable bonds is 0. The lowest BCUT2D eigenvalue weighted by molar-refractivity contribution is -0.226. The summed E-state index contributed by atoms with van der Waals surface area (Å²) in [6, 6.07) is 0. The third kappa shape index (κ3) is 1.84. The van der Waals surface area contributed by atoms with E-state index < -0.39 is 0 Å². The molecule has 3 N–H and O–H groups in total. The molecule has 0 saturated carbocycles. The number of hydroxylamine groups is 2. The van der Waals surface area contributed by atoms with Gasteiger partial charge < -0.3 is 11.0 Å². The third-order valence-electron chi connectivity index (χ3n) is 2.60. The molecule has 0 amide bonds. The Morgan fingerprint density at radius 2 is 1.62 bits per heavy atom. The van der Waals surface area contributed by atoms with Crippen LogP contribution in [0.25, 0.3) is 0 Å². The molecule has 13 heavy (non-hydrogen) atoms. The summed E-state index contributed by atoms with van der Waals surface area (Å²) < 4.78 is 0. The van der Waals surface area contributed by atoms with Crippen LogP contribution in [0.4, 0.5) is 0 Å². The zero-order valence-electron chi connectivity index (χ0n) is 8.83. The molecule has 0 aromatic heterocycles. The second-order valence-electron chi connectivity index (χ2n) is 4.99. The van der Waals surface area contributed by atoms with Crippen molar-refractivity contribution in [2.45, 2.75) is 51.6 Å². The molecule has 1 fully saturated rings. The normalized spacial score (nSPS) is 27.3. The highest BCUT2D eigenvalue weighted by molar-refractivity contribution is 5.87. The average molecular weight is 185 g/mol. The number of hydrogen-bond donors (Lipinski definition) is 2. The van der Waals surface area contributed by atoms with Crippen molar-refractivity contribution >= 4 is 5.71 Å². The Bertz CT molecular complexity index is 213. The SMILES string of the molecule is CC1(C)CC(=NN)CC(C)(C)N1O. The molecule has 1 aliphatic rings. The van der Waals surface area contributed by atoms with Gasteiger partial charge in [-0.25, -0.2) is 0 Å². The lowest BCUT2D eigenvalue weighted by atomic mass is 9.81. The first kappa shape index (κ1) is 10.5. The lowest BCUT2D eigenvalue weighted by Gasteiger charge is -2.48. The molecule has 4 heteroatoms. The van der Waals surface area contributed by atoms with Gasteiger partial charge in [-0.1, -0.05) is 0 Å². The van der Waals surface area contributed by atoms with Gasteiger partial charge >= 0.3 is 0 Å². The van der Waals surface area contributed by atoms with E-state index in [-0.39, 0.29) is 11.1 Å². The summed E-state index contributed by atoms with van der Waals surface area (Å²) in [6.07, 6.45) is 1.45. The smallest absolute Gasteiger partial charge is 0.0463 e. The van der Waals surface area contributed by atoms with E-state index in [0.29, 0.717) is 0 Å². The van der Waals surface area contributed by atoms with Gasteiger partial charge in [-0.05, 0) is 27.7 Å². The van der Waals surface area contributed by atoms with Gasteiger partial charge in [-0.15, -0.1) is 0 Å². The van der Waals surface area contributed by atoms with Gasteiger partial charge in [0.2, 0.25) is 0 Å². The molecule has 0 radical (unpaired) electrons. The third-order valence-corrected chi connectivity index (χ3v) is 2.60. The van der Waals surface area contributed by atoms with Crippen molar-refractivity contribution in [1.82, 2.24) is 5.06 Å². The van der Waals surface area contributed by atoms with Crippen LogP contribution in [0.3, 0.4) is 0 Å². The molecule has 76 valence electrons. The summed E-state index contributed by atoms with van der Waals surface area (Å²) in [5, 5.41) is 15.1. The number of hydrazone groups is 1. The molecule has 1 heterocycles. The second kappa shape index (κ2) is 2.96. The van der Waals surface area contributed by atoms with Crippen molar-refractivity contribution in [2.75, 3.05) is 0 Å². The van der Waals surface area contributed by atoms with E-state index in [1.165, 1.54) is 5.06 Å². The van der Waals surface area contributed by atoms with Gasteiger partial charge in [0, 0.05) is 29.6 Å². The highest BCUT2D eigenvalue weighted by Gasteiger charge is 2.43. The molecule has 4 nitrogen and oxygen atoms in total.